The summed E-state index contributed by atoms with van der Waals surface area (Å²) < 4.78 is 16.2. The second-order valence-electron chi connectivity index (χ2n) is 4.55. The Bertz CT molecular complexity index is 699. The van der Waals surface area contributed by atoms with Crippen molar-refractivity contribution in [1.29, 1.82) is 5.26 Å². The average molecular weight is 287 g/mol. The number of unbranched alkanes of at least 4 members (excludes halogenated alkanes) is 1. The molecule has 1 aromatic heterocycles. The molecular weight excluding hydrogens is 270 g/mol. The molecule has 0 bridgehead atoms. The Kier molecular flexibility index (Phi) is 5.35. The van der Waals surface area contributed by atoms with Gasteiger partial charge in [0.25, 0.3) is 0 Å². The second-order valence-corrected chi connectivity index (χ2v) is 4.55. The van der Waals surface area contributed by atoms with Gasteiger partial charge >= 0.3 is 5.63 Å². The van der Waals surface area contributed by atoms with E-state index in [0.717, 1.165) is 19.4 Å². The quantitative estimate of drug-likeness (QED) is 0.578. The number of fused-ring (bicyclic) bond motifs is 1. The molecule has 0 saturated heterocycles. The Hall–Kier alpha value is -2.32. The number of nitriles is 1. The highest BCUT2D eigenvalue weighted by Crippen LogP contribution is 2.24. The van der Waals surface area contributed by atoms with Crippen LogP contribution in [0.15, 0.2) is 33.5 Å². The third kappa shape index (κ3) is 3.83. The highest BCUT2D eigenvalue weighted by molar-refractivity contribution is 5.83. The van der Waals surface area contributed by atoms with E-state index in [9.17, 15) is 4.79 Å². The summed E-state index contributed by atoms with van der Waals surface area (Å²) in [6.07, 6.45) is 2.12. The number of hydrogen-bond acceptors (Lipinski definition) is 5. The Balaban J connectivity index is 2.08. The van der Waals surface area contributed by atoms with Gasteiger partial charge in [-0.2, -0.15) is 5.26 Å². The summed E-state index contributed by atoms with van der Waals surface area (Å²) in [6, 6.07) is 8.60. The van der Waals surface area contributed by atoms with Crippen molar-refractivity contribution in [3.8, 4) is 11.8 Å². The topological polar surface area (TPSA) is 72.5 Å². The summed E-state index contributed by atoms with van der Waals surface area (Å²) in [5.41, 5.74) is -0.308. The molecule has 0 aliphatic rings. The van der Waals surface area contributed by atoms with E-state index in [2.05, 4.69) is 6.92 Å². The van der Waals surface area contributed by atoms with Gasteiger partial charge in [-0.25, -0.2) is 4.79 Å². The van der Waals surface area contributed by atoms with Crippen molar-refractivity contribution in [2.24, 2.45) is 0 Å². The van der Waals surface area contributed by atoms with Crippen molar-refractivity contribution in [3.63, 3.8) is 0 Å². The van der Waals surface area contributed by atoms with Gasteiger partial charge in [0.15, 0.2) is 11.3 Å². The molecule has 5 nitrogen and oxygen atoms in total. The van der Waals surface area contributed by atoms with E-state index < -0.39 is 5.63 Å². The van der Waals surface area contributed by atoms with Crippen LogP contribution in [0.4, 0.5) is 0 Å². The van der Waals surface area contributed by atoms with Crippen LogP contribution < -0.4 is 10.4 Å². The van der Waals surface area contributed by atoms with Gasteiger partial charge in [-0.15, -0.1) is 0 Å². The molecule has 0 radical (unpaired) electrons. The lowest BCUT2D eigenvalue weighted by Crippen LogP contribution is -2.08. The first-order valence-corrected chi connectivity index (χ1v) is 6.93. The number of para-hydroxylation sites is 1. The minimum absolute atomic E-state index is 0.0115. The number of benzene rings is 1. The van der Waals surface area contributed by atoms with Crippen LogP contribution in [-0.2, 0) is 4.74 Å². The van der Waals surface area contributed by atoms with Crippen LogP contribution in [0.5, 0.6) is 5.75 Å². The van der Waals surface area contributed by atoms with E-state index in [1.54, 1.807) is 18.2 Å². The van der Waals surface area contributed by atoms with Gasteiger partial charge in [-0.1, -0.05) is 25.5 Å². The van der Waals surface area contributed by atoms with E-state index >= 15 is 0 Å². The third-order valence-corrected chi connectivity index (χ3v) is 2.97. The standard InChI is InChI=1S/C16H17NO4/c1-2-3-7-19-8-9-20-14-6-4-5-12-10-13(11-17)16(18)21-15(12)14/h4-6,10H,2-3,7-9H2,1H3. The smallest absolute Gasteiger partial charge is 0.354 e. The van der Waals surface area contributed by atoms with E-state index in [1.807, 2.05) is 6.07 Å². The predicted molar refractivity (Wildman–Crippen MR) is 78.4 cm³/mol. The summed E-state index contributed by atoms with van der Waals surface area (Å²) in [5, 5.41) is 9.50. The Morgan fingerprint density at radius 1 is 1.29 bits per heavy atom. The molecule has 5 heteroatoms. The van der Waals surface area contributed by atoms with Gasteiger partial charge in [-0.3, -0.25) is 0 Å². The maximum absolute atomic E-state index is 11.6. The Morgan fingerprint density at radius 3 is 2.90 bits per heavy atom. The number of ether oxygens (including phenoxy) is 2. The third-order valence-electron chi connectivity index (χ3n) is 2.97. The molecule has 0 aliphatic heterocycles. The molecule has 1 heterocycles. The normalized spacial score (nSPS) is 10.5. The molecule has 110 valence electrons. The van der Waals surface area contributed by atoms with Crippen LogP contribution in [0.1, 0.15) is 25.3 Å². The zero-order chi connectivity index (χ0) is 15.1. The fraction of sp³-hybridized carbons (Fsp3) is 0.375. The summed E-state index contributed by atoms with van der Waals surface area (Å²) in [6.45, 7) is 3.69. The molecule has 0 spiro atoms. The van der Waals surface area contributed by atoms with Gasteiger partial charge in [0.1, 0.15) is 18.2 Å². The summed E-state index contributed by atoms with van der Waals surface area (Å²) >= 11 is 0. The maximum atomic E-state index is 11.6. The lowest BCUT2D eigenvalue weighted by atomic mass is 10.2. The number of hydrogen-bond donors (Lipinski definition) is 0. The molecule has 0 atom stereocenters. The van der Waals surface area contributed by atoms with E-state index in [4.69, 9.17) is 19.2 Å². The molecule has 0 N–H and O–H groups in total. The van der Waals surface area contributed by atoms with Crippen LogP contribution in [0.25, 0.3) is 11.0 Å². The van der Waals surface area contributed by atoms with E-state index in [1.165, 1.54) is 6.07 Å². The SMILES string of the molecule is CCCCOCCOc1cccc2cc(C#N)c(=O)oc12. The fourth-order valence-corrected chi connectivity index (χ4v) is 1.87. The van der Waals surface area contributed by atoms with Crippen LogP contribution in [0, 0.1) is 11.3 Å². The second kappa shape index (κ2) is 7.46. The van der Waals surface area contributed by atoms with Crippen molar-refractivity contribution < 1.29 is 13.9 Å². The first-order chi connectivity index (χ1) is 10.3. The molecular formula is C16H17NO4. The van der Waals surface area contributed by atoms with Crippen LogP contribution in [0.2, 0.25) is 0 Å². The van der Waals surface area contributed by atoms with E-state index in [-0.39, 0.29) is 5.56 Å². The fourth-order valence-electron chi connectivity index (χ4n) is 1.87. The van der Waals surface area contributed by atoms with E-state index in [0.29, 0.717) is 29.9 Å². The van der Waals surface area contributed by atoms with Gasteiger partial charge in [0.2, 0.25) is 0 Å². The van der Waals surface area contributed by atoms with Gasteiger partial charge in [0, 0.05) is 12.0 Å². The highest BCUT2D eigenvalue weighted by atomic mass is 16.5. The summed E-state index contributed by atoms with van der Waals surface area (Å²) in [7, 11) is 0. The van der Waals surface area contributed by atoms with Crippen LogP contribution in [0.3, 0.4) is 0 Å². The molecule has 21 heavy (non-hydrogen) atoms. The largest absolute Gasteiger partial charge is 0.487 e. The molecule has 0 amide bonds. The van der Waals surface area contributed by atoms with Crippen LogP contribution in [-0.4, -0.2) is 19.8 Å². The Labute approximate surface area is 122 Å². The first-order valence-electron chi connectivity index (χ1n) is 6.93. The van der Waals surface area contributed by atoms with Crippen molar-refractivity contribution in [1.82, 2.24) is 0 Å². The zero-order valence-electron chi connectivity index (χ0n) is 11.9. The average Bonchev–Trinajstić information content (AvgIpc) is 2.50. The maximum Gasteiger partial charge on any atom is 0.354 e. The molecule has 2 aromatic rings. The molecule has 0 unspecified atom stereocenters. The molecule has 1 aromatic carbocycles. The van der Waals surface area contributed by atoms with Crippen molar-refractivity contribution in [2.75, 3.05) is 19.8 Å². The van der Waals surface area contributed by atoms with Crippen LogP contribution >= 0.6 is 0 Å². The minimum Gasteiger partial charge on any atom is -0.487 e. The minimum atomic E-state index is -0.653. The molecule has 2 rings (SSSR count). The van der Waals surface area contributed by atoms with Gasteiger partial charge < -0.3 is 13.9 Å². The first kappa shape index (κ1) is 15.1. The van der Waals surface area contributed by atoms with Crippen molar-refractivity contribution in [3.05, 3.63) is 40.2 Å². The summed E-state index contributed by atoms with van der Waals surface area (Å²) in [5.74, 6) is 0.480. The van der Waals surface area contributed by atoms with Gasteiger partial charge in [0.05, 0.1) is 6.61 Å². The lowest BCUT2D eigenvalue weighted by molar-refractivity contribution is 0.0981. The monoisotopic (exact) mass is 287 g/mol. The summed E-state index contributed by atoms with van der Waals surface area (Å²) in [4.78, 5) is 11.6. The Morgan fingerprint density at radius 2 is 2.14 bits per heavy atom. The number of nitrogens with zero attached hydrogens (tertiary/aromatic N) is 1. The molecule has 0 aliphatic carbocycles. The van der Waals surface area contributed by atoms with Gasteiger partial charge in [-0.05, 0) is 18.6 Å². The van der Waals surface area contributed by atoms with Crippen molar-refractivity contribution >= 4 is 11.0 Å². The number of rotatable bonds is 7. The van der Waals surface area contributed by atoms with Crippen molar-refractivity contribution in [2.45, 2.75) is 19.8 Å². The molecule has 0 saturated carbocycles. The zero-order valence-corrected chi connectivity index (χ0v) is 11.9. The predicted octanol–water partition coefficient (Wildman–Crippen LogP) is 2.86. The molecule has 0 fully saturated rings. The highest BCUT2D eigenvalue weighted by Gasteiger charge is 2.09. The lowest BCUT2D eigenvalue weighted by Gasteiger charge is -2.08.